The van der Waals surface area contributed by atoms with Gasteiger partial charge in [0.25, 0.3) is 0 Å². The van der Waals surface area contributed by atoms with E-state index in [1.807, 2.05) is 0 Å². The molecule has 7 heteroatoms. The minimum Gasteiger partial charge on any atom is -0.326 e. The molecule has 1 unspecified atom stereocenters. The van der Waals surface area contributed by atoms with Crippen LogP contribution in [0.2, 0.25) is 0 Å². The third-order valence-electron chi connectivity index (χ3n) is 4.00. The molecule has 0 radical (unpaired) electrons. The van der Waals surface area contributed by atoms with Crippen molar-refractivity contribution in [2.75, 3.05) is 26.2 Å². The van der Waals surface area contributed by atoms with Crippen molar-refractivity contribution in [3.8, 4) is 12.1 Å². The second-order valence-corrected chi connectivity index (χ2v) is 5.35. The van der Waals surface area contributed by atoms with Gasteiger partial charge in [-0.05, 0) is 25.7 Å². The fraction of sp³-hybridized carbons (Fsp3) is 0.714. The van der Waals surface area contributed by atoms with Crippen LogP contribution in [-0.4, -0.2) is 59.9 Å². The fourth-order valence-electron chi connectivity index (χ4n) is 2.88. The summed E-state index contributed by atoms with van der Waals surface area (Å²) in [5.74, 6) is -0.296. The molecule has 0 saturated carbocycles. The maximum Gasteiger partial charge on any atom is 0.237 e. The van der Waals surface area contributed by atoms with Gasteiger partial charge in [0, 0.05) is 13.1 Å². The molecule has 2 rings (SSSR count). The van der Waals surface area contributed by atoms with Gasteiger partial charge in [-0.15, -0.1) is 0 Å². The van der Waals surface area contributed by atoms with Gasteiger partial charge in [-0.2, -0.15) is 10.5 Å². The molecule has 2 atom stereocenters. The van der Waals surface area contributed by atoms with Crippen LogP contribution in [0.25, 0.3) is 0 Å². The highest BCUT2D eigenvalue weighted by molar-refractivity contribution is 5.82. The molecular weight excluding hydrogens is 270 g/mol. The van der Waals surface area contributed by atoms with Gasteiger partial charge in [-0.3, -0.25) is 14.9 Å². The van der Waals surface area contributed by atoms with E-state index in [4.69, 9.17) is 10.5 Å². The molecule has 0 aliphatic carbocycles. The normalized spacial score (nSPS) is 24.7. The first-order valence-electron chi connectivity index (χ1n) is 7.26. The van der Waals surface area contributed by atoms with E-state index < -0.39 is 0 Å². The van der Waals surface area contributed by atoms with Crippen LogP contribution >= 0.6 is 0 Å². The highest BCUT2D eigenvalue weighted by Crippen LogP contribution is 2.17. The van der Waals surface area contributed by atoms with Crippen LogP contribution in [0.1, 0.15) is 25.7 Å². The monoisotopic (exact) mass is 289 g/mol. The summed E-state index contributed by atoms with van der Waals surface area (Å²) in [6.45, 7) is 1.31. The Morgan fingerprint density at radius 1 is 0.952 bits per heavy atom. The molecule has 2 amide bonds. The lowest BCUT2D eigenvalue weighted by Gasteiger charge is -2.21. The molecule has 21 heavy (non-hydrogen) atoms. The summed E-state index contributed by atoms with van der Waals surface area (Å²) < 4.78 is 0. The van der Waals surface area contributed by atoms with Crippen molar-refractivity contribution in [2.45, 2.75) is 37.8 Å². The van der Waals surface area contributed by atoms with Crippen molar-refractivity contribution in [2.24, 2.45) is 0 Å². The van der Waals surface area contributed by atoms with E-state index in [1.54, 1.807) is 9.80 Å². The van der Waals surface area contributed by atoms with Crippen molar-refractivity contribution in [3.63, 3.8) is 0 Å². The number of nitriles is 2. The van der Waals surface area contributed by atoms with E-state index in [1.165, 1.54) is 0 Å². The number of rotatable bonds is 4. The number of likely N-dealkylation sites (tertiary alicyclic amines) is 2. The van der Waals surface area contributed by atoms with E-state index >= 15 is 0 Å². The third-order valence-corrected chi connectivity index (χ3v) is 4.00. The zero-order valence-corrected chi connectivity index (χ0v) is 11.9. The minimum absolute atomic E-state index is 0.0506. The Kier molecular flexibility index (Phi) is 5.13. The number of hydrogen-bond donors (Lipinski definition) is 1. The van der Waals surface area contributed by atoms with E-state index in [-0.39, 0.29) is 37.0 Å². The van der Waals surface area contributed by atoms with Crippen LogP contribution in [0.3, 0.4) is 0 Å². The topological polar surface area (TPSA) is 100 Å². The summed E-state index contributed by atoms with van der Waals surface area (Å²) in [5.41, 5.74) is 0. The molecule has 0 bridgehead atoms. The van der Waals surface area contributed by atoms with E-state index in [0.29, 0.717) is 13.1 Å². The lowest BCUT2D eigenvalue weighted by atomic mass is 10.2. The minimum atomic E-state index is -0.337. The molecule has 2 heterocycles. The smallest absolute Gasteiger partial charge is 0.237 e. The Morgan fingerprint density at radius 3 is 1.76 bits per heavy atom. The molecule has 2 fully saturated rings. The quantitative estimate of drug-likeness (QED) is 0.759. The Hall–Kier alpha value is -2.12. The van der Waals surface area contributed by atoms with Crippen molar-refractivity contribution >= 4 is 11.8 Å². The predicted octanol–water partition coefficient (Wildman–Crippen LogP) is -0.395. The highest BCUT2D eigenvalue weighted by Gasteiger charge is 2.30. The maximum atomic E-state index is 12.0. The lowest BCUT2D eigenvalue weighted by Crippen LogP contribution is -2.45. The Labute approximate surface area is 124 Å². The summed E-state index contributed by atoms with van der Waals surface area (Å²) in [4.78, 5) is 27.1. The standard InChI is InChI=1S/C14H19N5O2/c15-7-11-3-1-5-18(11)13(20)9-17-10-14(21)19-6-2-4-12(19)8-16/h11-12,17H,1-6,9-10H2/t11-,12?/m0/s1. The van der Waals surface area contributed by atoms with Crippen LogP contribution in [0.4, 0.5) is 0 Å². The number of amides is 2. The molecule has 0 aromatic rings. The zero-order valence-electron chi connectivity index (χ0n) is 11.9. The number of carbonyl (C=O) groups is 2. The average molecular weight is 289 g/mol. The molecule has 0 spiro atoms. The van der Waals surface area contributed by atoms with E-state index in [0.717, 1.165) is 25.7 Å². The van der Waals surface area contributed by atoms with Crippen molar-refractivity contribution in [1.82, 2.24) is 15.1 Å². The molecule has 2 saturated heterocycles. The van der Waals surface area contributed by atoms with Gasteiger partial charge >= 0.3 is 0 Å². The van der Waals surface area contributed by atoms with Crippen molar-refractivity contribution in [1.29, 1.82) is 10.5 Å². The average Bonchev–Trinajstić information content (AvgIpc) is 3.15. The maximum absolute atomic E-state index is 12.0. The van der Waals surface area contributed by atoms with Crippen molar-refractivity contribution in [3.05, 3.63) is 0 Å². The van der Waals surface area contributed by atoms with Crippen LogP contribution < -0.4 is 5.32 Å². The first kappa shape index (κ1) is 15.3. The molecular formula is C14H19N5O2. The van der Waals surface area contributed by atoms with Crippen LogP contribution in [0.5, 0.6) is 0 Å². The summed E-state index contributed by atoms with van der Waals surface area (Å²) in [7, 11) is 0. The largest absolute Gasteiger partial charge is 0.326 e. The predicted molar refractivity (Wildman–Crippen MR) is 73.6 cm³/mol. The van der Waals surface area contributed by atoms with Gasteiger partial charge in [0.1, 0.15) is 12.1 Å². The summed E-state index contributed by atoms with van der Waals surface area (Å²) in [5, 5.41) is 20.7. The Morgan fingerprint density at radius 2 is 1.38 bits per heavy atom. The van der Waals surface area contributed by atoms with Gasteiger partial charge in [-0.25, -0.2) is 0 Å². The SMILES string of the molecule is N#CC1CCCN1C(=O)CNCC(=O)N1CCC[C@H]1C#N. The van der Waals surface area contributed by atoms with Gasteiger partial charge in [-0.1, -0.05) is 0 Å². The second-order valence-electron chi connectivity index (χ2n) is 5.35. The Balaban J connectivity index is 1.74. The van der Waals surface area contributed by atoms with Crippen LogP contribution in [-0.2, 0) is 9.59 Å². The van der Waals surface area contributed by atoms with E-state index in [2.05, 4.69) is 17.5 Å². The first-order chi connectivity index (χ1) is 10.2. The number of hydrogen-bond acceptors (Lipinski definition) is 5. The molecule has 0 aromatic carbocycles. The Bertz CT molecular complexity index is 449. The molecule has 0 aromatic heterocycles. The summed E-state index contributed by atoms with van der Waals surface area (Å²) in [6, 6.07) is 3.56. The lowest BCUT2D eigenvalue weighted by molar-refractivity contribution is -0.131. The highest BCUT2D eigenvalue weighted by atomic mass is 16.2. The van der Waals surface area contributed by atoms with Gasteiger partial charge < -0.3 is 9.80 Å². The first-order valence-corrected chi connectivity index (χ1v) is 7.26. The van der Waals surface area contributed by atoms with Gasteiger partial charge in [0.2, 0.25) is 11.8 Å². The van der Waals surface area contributed by atoms with Crippen LogP contribution in [0, 0.1) is 22.7 Å². The van der Waals surface area contributed by atoms with Gasteiger partial charge in [0.15, 0.2) is 0 Å². The molecule has 2 aliphatic rings. The van der Waals surface area contributed by atoms with E-state index in [9.17, 15) is 9.59 Å². The summed E-state index contributed by atoms with van der Waals surface area (Å²) >= 11 is 0. The zero-order chi connectivity index (χ0) is 15.2. The number of nitrogens with zero attached hydrogens (tertiary/aromatic N) is 4. The molecule has 7 nitrogen and oxygen atoms in total. The van der Waals surface area contributed by atoms with Gasteiger partial charge in [0.05, 0.1) is 25.2 Å². The molecule has 112 valence electrons. The molecule has 2 aliphatic heterocycles. The van der Waals surface area contributed by atoms with Crippen molar-refractivity contribution < 1.29 is 9.59 Å². The summed E-state index contributed by atoms with van der Waals surface area (Å²) in [6.07, 6.45) is 3.14. The molecule has 1 N–H and O–H groups in total. The van der Waals surface area contributed by atoms with Crippen LogP contribution in [0.15, 0.2) is 0 Å². The number of nitrogens with one attached hydrogen (secondary N) is 1. The third kappa shape index (κ3) is 3.50. The number of carbonyl (C=O) groups excluding carboxylic acids is 2. The fourth-order valence-corrected chi connectivity index (χ4v) is 2.88. The second kappa shape index (κ2) is 7.05.